The largest absolute Gasteiger partial charge is 0.369 e. The number of fused-ring (bicyclic) bond motifs is 4. The van der Waals surface area contributed by atoms with Gasteiger partial charge in [0.15, 0.2) is 0 Å². The lowest BCUT2D eigenvalue weighted by Crippen LogP contribution is -2.23. The van der Waals surface area contributed by atoms with E-state index in [9.17, 15) is 0 Å². The summed E-state index contributed by atoms with van der Waals surface area (Å²) in [5, 5.41) is 0. The first-order chi connectivity index (χ1) is 15.8. The van der Waals surface area contributed by atoms with Crippen molar-refractivity contribution in [1.82, 2.24) is 0 Å². The molecule has 0 bridgehead atoms. The Morgan fingerprint density at radius 2 is 1.31 bits per heavy atom. The summed E-state index contributed by atoms with van der Waals surface area (Å²) in [7, 11) is 0. The van der Waals surface area contributed by atoms with Gasteiger partial charge in [0.2, 0.25) is 0 Å². The minimum atomic E-state index is 0.0676. The van der Waals surface area contributed by atoms with Gasteiger partial charge in [0.25, 0.3) is 0 Å². The Hall–Kier alpha value is -3.42. The van der Waals surface area contributed by atoms with Crippen molar-refractivity contribution in [2.75, 3.05) is 0 Å². The fraction of sp³-hybridized carbons (Fsp3) is 0.161. The van der Waals surface area contributed by atoms with Crippen LogP contribution in [0.1, 0.15) is 39.8 Å². The maximum Gasteiger partial charge on any atom is 0.0844 e. The van der Waals surface area contributed by atoms with Crippen LogP contribution in [0.5, 0.6) is 0 Å². The van der Waals surface area contributed by atoms with Crippen LogP contribution >= 0.6 is 0 Å². The maximum atomic E-state index is 6.68. The van der Waals surface area contributed by atoms with E-state index in [4.69, 9.17) is 4.74 Å². The third kappa shape index (κ3) is 3.13. The Bertz CT molecular complexity index is 1280. The van der Waals surface area contributed by atoms with E-state index in [0.717, 1.165) is 12.8 Å². The van der Waals surface area contributed by atoms with Gasteiger partial charge >= 0.3 is 0 Å². The van der Waals surface area contributed by atoms with Gasteiger partial charge in [-0.2, -0.15) is 0 Å². The molecule has 0 N–H and O–H groups in total. The van der Waals surface area contributed by atoms with Gasteiger partial charge in [-0.1, -0.05) is 97.1 Å². The Balaban J connectivity index is 1.58. The third-order valence-electron chi connectivity index (χ3n) is 6.87. The second kappa shape index (κ2) is 7.93. The van der Waals surface area contributed by atoms with Gasteiger partial charge in [0, 0.05) is 0 Å². The summed E-state index contributed by atoms with van der Waals surface area (Å²) < 4.78 is 6.68. The fourth-order valence-electron chi connectivity index (χ4n) is 5.45. The van der Waals surface area contributed by atoms with Crippen LogP contribution in [0.25, 0.3) is 22.3 Å². The summed E-state index contributed by atoms with van der Waals surface area (Å²) in [5.41, 5.74) is 13.4. The molecular weight excluding hydrogens is 388 g/mol. The average Bonchev–Trinajstić information content (AvgIpc) is 3.17. The molecule has 0 amide bonds. The predicted molar refractivity (Wildman–Crippen MR) is 132 cm³/mol. The summed E-state index contributed by atoms with van der Waals surface area (Å²) in [4.78, 5) is 0. The number of aryl methyl sites for hydroxylation is 2. The van der Waals surface area contributed by atoms with Crippen molar-refractivity contribution in [3.8, 4) is 11.1 Å². The molecule has 4 aromatic rings. The molecule has 0 aromatic heterocycles. The number of rotatable bonds is 3. The average molecular weight is 415 g/mol. The van der Waals surface area contributed by atoms with Crippen LogP contribution in [0.15, 0.2) is 97.1 Å². The normalized spacial score (nSPS) is 16.5. The minimum absolute atomic E-state index is 0.0676. The number of benzene rings is 4. The van der Waals surface area contributed by atoms with Crippen LogP contribution in [0.4, 0.5) is 0 Å². The molecule has 0 radical (unpaired) electrons. The smallest absolute Gasteiger partial charge is 0.0844 e. The number of hydrogen-bond donors (Lipinski definition) is 0. The highest BCUT2D eigenvalue weighted by molar-refractivity contribution is 6.11. The summed E-state index contributed by atoms with van der Waals surface area (Å²) in [5.74, 6) is 0. The van der Waals surface area contributed by atoms with Crippen LogP contribution in [-0.2, 0) is 17.8 Å². The molecule has 0 saturated carbocycles. The lowest BCUT2D eigenvalue weighted by molar-refractivity contribution is 0.0714. The van der Waals surface area contributed by atoms with Crippen molar-refractivity contribution in [3.63, 3.8) is 0 Å². The molecule has 1 heteroatoms. The van der Waals surface area contributed by atoms with Gasteiger partial charge < -0.3 is 4.74 Å². The van der Waals surface area contributed by atoms with E-state index in [-0.39, 0.29) is 6.10 Å². The Morgan fingerprint density at radius 3 is 2.00 bits per heavy atom. The summed E-state index contributed by atoms with van der Waals surface area (Å²) in [6.07, 6.45) is 2.13. The van der Waals surface area contributed by atoms with Crippen LogP contribution in [0.3, 0.4) is 0 Å². The minimum Gasteiger partial charge on any atom is -0.369 e. The van der Waals surface area contributed by atoms with E-state index in [1.165, 1.54) is 55.7 Å². The van der Waals surface area contributed by atoms with Crippen molar-refractivity contribution in [2.24, 2.45) is 0 Å². The highest BCUT2D eigenvalue weighted by atomic mass is 16.5. The lowest BCUT2D eigenvalue weighted by atomic mass is 9.78. The molecule has 4 aromatic carbocycles. The number of hydrogen-bond acceptors (Lipinski definition) is 1. The summed E-state index contributed by atoms with van der Waals surface area (Å²) >= 11 is 0. The maximum absolute atomic E-state index is 6.68. The first-order valence-corrected chi connectivity index (χ1v) is 11.5. The summed E-state index contributed by atoms with van der Waals surface area (Å²) in [6, 6.07) is 34.9. The van der Waals surface area contributed by atoms with Crippen LogP contribution in [0, 0.1) is 6.92 Å². The first-order valence-electron chi connectivity index (χ1n) is 11.5. The third-order valence-corrected chi connectivity index (χ3v) is 6.87. The van der Waals surface area contributed by atoms with E-state index in [1.54, 1.807) is 0 Å². The van der Waals surface area contributed by atoms with Gasteiger partial charge in [-0.05, 0) is 75.4 Å². The van der Waals surface area contributed by atoms with E-state index < -0.39 is 0 Å². The zero-order valence-corrected chi connectivity index (χ0v) is 18.3. The molecule has 0 saturated heterocycles. The molecule has 0 fully saturated rings. The van der Waals surface area contributed by atoms with Gasteiger partial charge in [-0.25, -0.2) is 0 Å². The second-order valence-corrected chi connectivity index (χ2v) is 8.81. The highest BCUT2D eigenvalue weighted by Gasteiger charge is 2.33. The van der Waals surface area contributed by atoms with Crippen molar-refractivity contribution in [1.29, 1.82) is 0 Å². The van der Waals surface area contributed by atoms with Crippen molar-refractivity contribution in [3.05, 3.63) is 130 Å². The van der Waals surface area contributed by atoms with E-state index in [1.807, 2.05) is 0 Å². The van der Waals surface area contributed by atoms with Gasteiger partial charge in [-0.15, -0.1) is 0 Å². The van der Waals surface area contributed by atoms with E-state index in [0.29, 0.717) is 6.61 Å². The molecule has 6 rings (SSSR count). The SMILES string of the molecule is Cc1cccc2c1C(=C1c3ccccc3-c3ccccc31)[C@@H](OCc1ccccc1)CC2. The molecule has 1 nitrogen and oxygen atoms in total. The molecule has 1 atom stereocenters. The van der Waals surface area contributed by atoms with E-state index in [2.05, 4.69) is 104 Å². The predicted octanol–water partition coefficient (Wildman–Crippen LogP) is 7.47. The van der Waals surface area contributed by atoms with Crippen molar-refractivity contribution in [2.45, 2.75) is 32.5 Å². The fourth-order valence-corrected chi connectivity index (χ4v) is 5.45. The first kappa shape index (κ1) is 19.3. The van der Waals surface area contributed by atoms with Crippen LogP contribution < -0.4 is 0 Å². The van der Waals surface area contributed by atoms with Crippen molar-refractivity contribution < 1.29 is 4.74 Å². The standard InChI is InChI=1S/C31H26O/c1-21-10-9-13-23-18-19-28(32-20-22-11-3-2-4-12-22)31(29(21)23)30-26-16-7-5-14-24(26)25-15-6-8-17-27(25)30/h2-17,28H,18-20H2,1H3/t28-/m0/s1. The Labute approximate surface area is 190 Å². The Kier molecular flexibility index (Phi) is 4.78. The second-order valence-electron chi connectivity index (χ2n) is 8.81. The Morgan fingerprint density at radius 1 is 0.688 bits per heavy atom. The molecule has 2 aliphatic carbocycles. The number of ether oxygens (including phenoxy) is 1. The topological polar surface area (TPSA) is 9.23 Å². The molecule has 2 aliphatic rings. The monoisotopic (exact) mass is 414 g/mol. The summed E-state index contributed by atoms with van der Waals surface area (Å²) in [6.45, 7) is 2.87. The van der Waals surface area contributed by atoms with Gasteiger partial charge in [0.1, 0.15) is 0 Å². The zero-order valence-electron chi connectivity index (χ0n) is 18.3. The van der Waals surface area contributed by atoms with Gasteiger partial charge in [-0.3, -0.25) is 0 Å². The molecule has 32 heavy (non-hydrogen) atoms. The van der Waals surface area contributed by atoms with Crippen LogP contribution in [-0.4, -0.2) is 6.10 Å². The quantitative estimate of drug-likeness (QED) is 0.298. The molecule has 0 aliphatic heterocycles. The molecule has 156 valence electrons. The molecular formula is C31H26O. The lowest BCUT2D eigenvalue weighted by Gasteiger charge is -2.31. The van der Waals surface area contributed by atoms with E-state index >= 15 is 0 Å². The van der Waals surface area contributed by atoms with Crippen molar-refractivity contribution >= 4 is 11.1 Å². The molecule has 0 unspecified atom stereocenters. The van der Waals surface area contributed by atoms with Crippen LogP contribution in [0.2, 0.25) is 0 Å². The highest BCUT2D eigenvalue weighted by Crippen LogP contribution is 2.50. The van der Waals surface area contributed by atoms with Gasteiger partial charge in [0.05, 0.1) is 12.7 Å². The molecule has 0 spiro atoms. The molecule has 0 heterocycles. The zero-order chi connectivity index (χ0) is 21.5.